The fourth-order valence-electron chi connectivity index (χ4n) is 2.49. The van der Waals surface area contributed by atoms with Crippen LogP contribution in [-0.2, 0) is 4.79 Å². The highest BCUT2D eigenvalue weighted by Gasteiger charge is 2.26. The van der Waals surface area contributed by atoms with Crippen molar-refractivity contribution in [2.45, 2.75) is 71.3 Å². The second-order valence-electron chi connectivity index (χ2n) is 5.69. The van der Waals surface area contributed by atoms with Crippen molar-refractivity contribution in [2.24, 2.45) is 5.92 Å². The van der Waals surface area contributed by atoms with Crippen molar-refractivity contribution >= 4 is 5.91 Å². The molecule has 1 saturated heterocycles. The SMILES string of the molecule is CCCCCCCCC(=O)N1CCC(C)C(O)C1. The predicted octanol–water partition coefficient (Wildman–Crippen LogP) is 2.97. The van der Waals surface area contributed by atoms with E-state index >= 15 is 0 Å². The number of aliphatic hydroxyl groups excluding tert-OH is 1. The molecule has 2 atom stereocenters. The first-order valence-electron chi connectivity index (χ1n) is 7.61. The quantitative estimate of drug-likeness (QED) is 0.711. The van der Waals surface area contributed by atoms with Crippen molar-refractivity contribution in [3.05, 3.63) is 0 Å². The Morgan fingerprint density at radius 2 is 1.89 bits per heavy atom. The summed E-state index contributed by atoms with van der Waals surface area (Å²) in [5.41, 5.74) is 0. The molecule has 0 aliphatic carbocycles. The molecule has 1 amide bonds. The Morgan fingerprint density at radius 1 is 1.22 bits per heavy atom. The molecule has 1 fully saturated rings. The summed E-state index contributed by atoms with van der Waals surface area (Å²) >= 11 is 0. The maximum atomic E-state index is 12.0. The van der Waals surface area contributed by atoms with E-state index in [0.717, 1.165) is 19.4 Å². The van der Waals surface area contributed by atoms with Gasteiger partial charge in [-0.05, 0) is 18.8 Å². The zero-order chi connectivity index (χ0) is 13.4. The lowest BCUT2D eigenvalue weighted by atomic mass is 9.95. The van der Waals surface area contributed by atoms with Crippen molar-refractivity contribution in [3.63, 3.8) is 0 Å². The van der Waals surface area contributed by atoms with Gasteiger partial charge in [0, 0.05) is 19.5 Å². The number of carbonyl (C=O) groups is 1. The zero-order valence-corrected chi connectivity index (χ0v) is 12.0. The van der Waals surface area contributed by atoms with E-state index in [4.69, 9.17) is 0 Å². The summed E-state index contributed by atoms with van der Waals surface area (Å²) < 4.78 is 0. The van der Waals surface area contributed by atoms with E-state index in [1.165, 1.54) is 32.1 Å². The standard InChI is InChI=1S/C15H29NO2/c1-3-4-5-6-7-8-9-15(18)16-11-10-13(2)14(17)12-16/h13-14,17H,3-12H2,1-2H3. The van der Waals surface area contributed by atoms with Crippen LogP contribution < -0.4 is 0 Å². The smallest absolute Gasteiger partial charge is 0.222 e. The number of hydrogen-bond acceptors (Lipinski definition) is 2. The van der Waals surface area contributed by atoms with Crippen molar-refractivity contribution in [2.75, 3.05) is 13.1 Å². The molecule has 3 nitrogen and oxygen atoms in total. The number of hydrogen-bond donors (Lipinski definition) is 1. The molecular weight excluding hydrogens is 226 g/mol. The summed E-state index contributed by atoms with van der Waals surface area (Å²) in [5, 5.41) is 9.77. The van der Waals surface area contributed by atoms with Crippen molar-refractivity contribution < 1.29 is 9.90 Å². The fourth-order valence-corrected chi connectivity index (χ4v) is 2.49. The second kappa shape index (κ2) is 8.52. The molecule has 0 bridgehead atoms. The zero-order valence-electron chi connectivity index (χ0n) is 12.0. The van der Waals surface area contributed by atoms with Gasteiger partial charge in [0.1, 0.15) is 0 Å². The molecule has 1 rings (SSSR count). The lowest BCUT2D eigenvalue weighted by Gasteiger charge is -2.34. The lowest BCUT2D eigenvalue weighted by Crippen LogP contribution is -2.45. The average molecular weight is 255 g/mol. The molecule has 0 aromatic rings. The lowest BCUT2D eigenvalue weighted by molar-refractivity contribution is -0.135. The van der Waals surface area contributed by atoms with E-state index in [1.54, 1.807) is 0 Å². The van der Waals surface area contributed by atoms with Crippen LogP contribution in [0.3, 0.4) is 0 Å². The van der Waals surface area contributed by atoms with Gasteiger partial charge in [-0.3, -0.25) is 4.79 Å². The van der Waals surface area contributed by atoms with Gasteiger partial charge in [-0.2, -0.15) is 0 Å². The molecule has 0 radical (unpaired) electrons. The number of β-amino-alcohol motifs (C(OH)–C–C–N with tert-alkyl or cyclic N) is 1. The molecule has 0 saturated carbocycles. The summed E-state index contributed by atoms with van der Waals surface area (Å²) in [5.74, 6) is 0.569. The summed E-state index contributed by atoms with van der Waals surface area (Å²) in [4.78, 5) is 13.8. The van der Waals surface area contributed by atoms with Gasteiger partial charge < -0.3 is 10.0 Å². The minimum absolute atomic E-state index is 0.233. The minimum atomic E-state index is -0.327. The maximum absolute atomic E-state index is 12.0. The van der Waals surface area contributed by atoms with Crippen LogP contribution in [0, 0.1) is 5.92 Å². The van der Waals surface area contributed by atoms with Crippen LogP contribution in [0.1, 0.15) is 65.2 Å². The first-order chi connectivity index (χ1) is 8.65. The van der Waals surface area contributed by atoms with Crippen LogP contribution in [-0.4, -0.2) is 35.1 Å². The molecule has 106 valence electrons. The summed E-state index contributed by atoms with van der Waals surface area (Å²) in [6, 6.07) is 0. The van der Waals surface area contributed by atoms with Gasteiger partial charge in [0.2, 0.25) is 5.91 Å². The number of rotatable bonds is 7. The molecule has 18 heavy (non-hydrogen) atoms. The molecule has 1 aliphatic rings. The normalized spacial score (nSPS) is 24.3. The highest BCUT2D eigenvalue weighted by atomic mass is 16.3. The number of aliphatic hydroxyl groups is 1. The van der Waals surface area contributed by atoms with Crippen LogP contribution in [0.4, 0.5) is 0 Å². The number of unbranched alkanes of at least 4 members (excludes halogenated alkanes) is 5. The number of nitrogens with zero attached hydrogens (tertiary/aromatic N) is 1. The molecule has 3 heteroatoms. The van der Waals surface area contributed by atoms with Gasteiger partial charge >= 0.3 is 0 Å². The predicted molar refractivity (Wildman–Crippen MR) is 74.4 cm³/mol. The van der Waals surface area contributed by atoms with Crippen LogP contribution >= 0.6 is 0 Å². The van der Waals surface area contributed by atoms with Gasteiger partial charge in [0.25, 0.3) is 0 Å². The van der Waals surface area contributed by atoms with Gasteiger partial charge in [0.15, 0.2) is 0 Å². The van der Waals surface area contributed by atoms with Crippen LogP contribution in [0.2, 0.25) is 0 Å². The van der Waals surface area contributed by atoms with E-state index < -0.39 is 0 Å². The number of piperidine rings is 1. The van der Waals surface area contributed by atoms with Crippen molar-refractivity contribution in [1.82, 2.24) is 4.90 Å². The summed E-state index contributed by atoms with van der Waals surface area (Å²) in [6.07, 6.45) is 8.56. The number of carbonyl (C=O) groups excluding carboxylic acids is 1. The van der Waals surface area contributed by atoms with Crippen LogP contribution in [0.25, 0.3) is 0 Å². The van der Waals surface area contributed by atoms with E-state index in [0.29, 0.717) is 18.9 Å². The van der Waals surface area contributed by atoms with Gasteiger partial charge in [0.05, 0.1) is 6.10 Å². The first kappa shape index (κ1) is 15.5. The van der Waals surface area contributed by atoms with Crippen molar-refractivity contribution in [1.29, 1.82) is 0 Å². The first-order valence-corrected chi connectivity index (χ1v) is 7.61. The Morgan fingerprint density at radius 3 is 2.56 bits per heavy atom. The Labute approximate surface area is 112 Å². The summed E-state index contributed by atoms with van der Waals surface area (Å²) in [6.45, 7) is 5.63. The fraction of sp³-hybridized carbons (Fsp3) is 0.933. The monoisotopic (exact) mass is 255 g/mol. The molecule has 0 spiro atoms. The molecule has 1 aliphatic heterocycles. The molecule has 1 N–H and O–H groups in total. The maximum Gasteiger partial charge on any atom is 0.222 e. The summed E-state index contributed by atoms with van der Waals surface area (Å²) in [7, 11) is 0. The Balaban J connectivity index is 2.09. The van der Waals surface area contributed by atoms with Crippen LogP contribution in [0.5, 0.6) is 0 Å². The second-order valence-corrected chi connectivity index (χ2v) is 5.69. The van der Waals surface area contributed by atoms with Crippen molar-refractivity contribution in [3.8, 4) is 0 Å². The number of likely N-dealkylation sites (tertiary alicyclic amines) is 1. The molecule has 0 aromatic heterocycles. The highest BCUT2D eigenvalue weighted by molar-refractivity contribution is 5.76. The third-order valence-corrected chi connectivity index (χ3v) is 4.02. The topological polar surface area (TPSA) is 40.5 Å². The third kappa shape index (κ3) is 5.38. The average Bonchev–Trinajstić information content (AvgIpc) is 2.36. The number of amides is 1. The van der Waals surface area contributed by atoms with E-state index in [1.807, 2.05) is 4.90 Å². The van der Waals surface area contributed by atoms with Gasteiger partial charge in [-0.15, -0.1) is 0 Å². The van der Waals surface area contributed by atoms with Crippen LogP contribution in [0.15, 0.2) is 0 Å². The molecule has 1 heterocycles. The highest BCUT2D eigenvalue weighted by Crippen LogP contribution is 2.18. The van der Waals surface area contributed by atoms with Gasteiger partial charge in [-0.25, -0.2) is 0 Å². The Kier molecular flexibility index (Phi) is 7.33. The molecule has 0 aromatic carbocycles. The van der Waals surface area contributed by atoms with E-state index in [9.17, 15) is 9.90 Å². The Bertz CT molecular complexity index is 243. The minimum Gasteiger partial charge on any atom is -0.391 e. The molecular formula is C15H29NO2. The Hall–Kier alpha value is -0.570. The van der Waals surface area contributed by atoms with Gasteiger partial charge in [-0.1, -0.05) is 46.0 Å². The van der Waals surface area contributed by atoms with E-state index in [-0.39, 0.29) is 12.0 Å². The van der Waals surface area contributed by atoms with E-state index in [2.05, 4.69) is 13.8 Å². The molecule has 2 unspecified atom stereocenters. The third-order valence-electron chi connectivity index (χ3n) is 4.02. The largest absolute Gasteiger partial charge is 0.391 e.